The molecule has 1 aliphatic carbocycles. The molecular formula is C15H17ClO3. The average molecular weight is 281 g/mol. The molecule has 2 heterocycles. The van der Waals surface area contributed by atoms with Gasteiger partial charge in [0.25, 0.3) is 0 Å². The molecule has 0 amide bonds. The van der Waals surface area contributed by atoms with Crippen LogP contribution in [-0.2, 0) is 15.1 Å². The number of rotatable bonds is 3. The summed E-state index contributed by atoms with van der Waals surface area (Å²) in [5, 5.41) is 9.75. The molecule has 1 N–H and O–H groups in total. The van der Waals surface area contributed by atoms with Gasteiger partial charge in [-0.2, -0.15) is 0 Å². The van der Waals surface area contributed by atoms with Crippen LogP contribution in [0.25, 0.3) is 0 Å². The van der Waals surface area contributed by atoms with Gasteiger partial charge in [-0.25, -0.2) is 0 Å². The third kappa shape index (κ3) is 2.26. The Morgan fingerprint density at radius 1 is 1.21 bits per heavy atom. The lowest BCUT2D eigenvalue weighted by Gasteiger charge is -2.53. The summed E-state index contributed by atoms with van der Waals surface area (Å²) in [6.45, 7) is 0.557. The van der Waals surface area contributed by atoms with Gasteiger partial charge < -0.3 is 9.84 Å². The van der Waals surface area contributed by atoms with Crippen LogP contribution in [0.4, 0.5) is 0 Å². The van der Waals surface area contributed by atoms with Crippen LogP contribution in [0.2, 0.25) is 5.02 Å². The fraction of sp³-hybridized carbons (Fsp3) is 0.533. The Bertz CT molecular complexity index is 470. The summed E-state index contributed by atoms with van der Waals surface area (Å²) in [7, 11) is 0. The maximum Gasteiger partial charge on any atom is 0.303 e. The fourth-order valence-corrected chi connectivity index (χ4v) is 3.56. The van der Waals surface area contributed by atoms with E-state index in [2.05, 4.69) is 0 Å². The van der Waals surface area contributed by atoms with Crippen molar-refractivity contribution in [1.82, 2.24) is 0 Å². The second-order valence-corrected chi connectivity index (χ2v) is 6.30. The third-order valence-electron chi connectivity index (χ3n) is 4.67. The lowest BCUT2D eigenvalue weighted by molar-refractivity contribution is -0.195. The summed E-state index contributed by atoms with van der Waals surface area (Å²) in [5.74, 6) is -0.718. The van der Waals surface area contributed by atoms with Gasteiger partial charge in [-0.15, -0.1) is 0 Å². The lowest BCUT2D eigenvalue weighted by Crippen LogP contribution is -2.50. The predicted octanol–water partition coefficient (Wildman–Crippen LogP) is 3.60. The second kappa shape index (κ2) is 4.50. The van der Waals surface area contributed by atoms with Gasteiger partial charge in [-0.3, -0.25) is 4.79 Å². The number of fused-ring (bicyclic) bond motifs is 3. The fourth-order valence-electron chi connectivity index (χ4n) is 3.44. The zero-order chi connectivity index (χ0) is 13.5. The van der Waals surface area contributed by atoms with Crippen molar-refractivity contribution in [2.45, 2.75) is 37.7 Å². The molecule has 1 saturated carbocycles. The van der Waals surface area contributed by atoms with Gasteiger partial charge >= 0.3 is 5.97 Å². The van der Waals surface area contributed by atoms with E-state index in [-0.39, 0.29) is 17.4 Å². The van der Waals surface area contributed by atoms with Gasteiger partial charge in [0.15, 0.2) is 0 Å². The molecule has 2 bridgehead atoms. The number of hydrogen-bond acceptors (Lipinski definition) is 2. The minimum Gasteiger partial charge on any atom is -0.481 e. The number of carboxylic acids is 1. The van der Waals surface area contributed by atoms with Crippen molar-refractivity contribution in [2.75, 3.05) is 6.61 Å². The number of ether oxygens (including phenoxy) is 1. The Labute approximate surface area is 117 Å². The summed E-state index contributed by atoms with van der Waals surface area (Å²) in [6.07, 6.45) is 3.90. The normalized spacial score (nSPS) is 33.3. The number of hydrogen-bond donors (Lipinski definition) is 1. The first-order valence-corrected chi connectivity index (χ1v) is 7.03. The van der Waals surface area contributed by atoms with E-state index < -0.39 is 5.97 Å². The zero-order valence-electron chi connectivity index (χ0n) is 10.7. The number of aliphatic carboxylic acids is 1. The Kier molecular flexibility index (Phi) is 3.06. The Hall–Kier alpha value is -1.06. The van der Waals surface area contributed by atoms with Crippen LogP contribution in [0.15, 0.2) is 24.3 Å². The lowest BCUT2D eigenvalue weighted by atomic mass is 9.63. The monoisotopic (exact) mass is 280 g/mol. The van der Waals surface area contributed by atoms with Crippen LogP contribution in [0.5, 0.6) is 0 Å². The molecule has 1 aromatic carbocycles. The van der Waals surface area contributed by atoms with E-state index in [4.69, 9.17) is 21.4 Å². The van der Waals surface area contributed by atoms with Crippen molar-refractivity contribution in [2.24, 2.45) is 5.41 Å². The molecule has 0 unspecified atom stereocenters. The Balaban J connectivity index is 1.81. The van der Waals surface area contributed by atoms with Gasteiger partial charge in [-0.05, 0) is 43.4 Å². The maximum atomic E-state index is 11.0. The molecule has 2 aliphatic heterocycles. The van der Waals surface area contributed by atoms with Gasteiger partial charge in [0, 0.05) is 10.4 Å². The minimum atomic E-state index is -0.718. The Morgan fingerprint density at radius 3 is 2.32 bits per heavy atom. The first-order chi connectivity index (χ1) is 9.04. The minimum absolute atomic E-state index is 0.139. The van der Waals surface area contributed by atoms with Crippen molar-refractivity contribution in [3.05, 3.63) is 34.9 Å². The highest BCUT2D eigenvalue weighted by atomic mass is 35.5. The van der Waals surface area contributed by atoms with E-state index in [0.29, 0.717) is 6.61 Å². The van der Waals surface area contributed by atoms with Crippen molar-refractivity contribution in [1.29, 1.82) is 0 Å². The standard InChI is InChI=1S/C15H17ClO3/c16-12-3-1-11(2-4-12)15-7-5-14(6-8-15,10-19-15)9-13(17)18/h1-4H,5-10H2,(H,17,18). The van der Waals surface area contributed by atoms with E-state index in [1.807, 2.05) is 24.3 Å². The number of halogens is 1. The largest absolute Gasteiger partial charge is 0.481 e. The van der Waals surface area contributed by atoms with Gasteiger partial charge in [-0.1, -0.05) is 23.7 Å². The van der Waals surface area contributed by atoms with Crippen LogP contribution >= 0.6 is 11.6 Å². The first kappa shape index (κ1) is 12.9. The smallest absolute Gasteiger partial charge is 0.303 e. The SMILES string of the molecule is O=C(O)CC12CCC(c3ccc(Cl)cc3)(CC1)OC2. The van der Waals surface area contributed by atoms with E-state index in [0.717, 1.165) is 30.7 Å². The van der Waals surface area contributed by atoms with Crippen LogP contribution in [0.3, 0.4) is 0 Å². The highest BCUT2D eigenvalue weighted by Gasteiger charge is 2.51. The number of carbonyl (C=O) groups is 1. The summed E-state index contributed by atoms with van der Waals surface area (Å²) < 4.78 is 6.09. The number of benzene rings is 1. The molecule has 102 valence electrons. The van der Waals surface area contributed by atoms with E-state index in [9.17, 15) is 4.79 Å². The first-order valence-electron chi connectivity index (χ1n) is 6.66. The molecule has 2 saturated heterocycles. The van der Waals surface area contributed by atoms with E-state index >= 15 is 0 Å². The van der Waals surface area contributed by atoms with Crippen LogP contribution in [-0.4, -0.2) is 17.7 Å². The van der Waals surface area contributed by atoms with E-state index in [1.165, 1.54) is 5.56 Å². The summed E-state index contributed by atoms with van der Waals surface area (Å²) in [5.41, 5.74) is 0.811. The molecule has 19 heavy (non-hydrogen) atoms. The molecule has 1 aromatic rings. The quantitative estimate of drug-likeness (QED) is 0.920. The maximum absolute atomic E-state index is 11.0. The summed E-state index contributed by atoms with van der Waals surface area (Å²) in [4.78, 5) is 11.0. The molecule has 4 rings (SSSR count). The van der Waals surface area contributed by atoms with Gasteiger partial charge in [0.1, 0.15) is 0 Å². The van der Waals surface area contributed by atoms with Crippen LogP contribution in [0.1, 0.15) is 37.7 Å². The topological polar surface area (TPSA) is 46.5 Å². The van der Waals surface area contributed by atoms with Crippen molar-refractivity contribution in [3.63, 3.8) is 0 Å². The highest BCUT2D eigenvalue weighted by molar-refractivity contribution is 6.30. The van der Waals surface area contributed by atoms with Gasteiger partial charge in [0.2, 0.25) is 0 Å². The van der Waals surface area contributed by atoms with Crippen LogP contribution in [0, 0.1) is 5.41 Å². The number of carboxylic acid groups (broad SMARTS) is 1. The van der Waals surface area contributed by atoms with Crippen molar-refractivity contribution >= 4 is 17.6 Å². The molecule has 3 fully saturated rings. The third-order valence-corrected chi connectivity index (χ3v) is 4.92. The average Bonchev–Trinajstić information content (AvgIpc) is 2.40. The zero-order valence-corrected chi connectivity index (χ0v) is 11.4. The van der Waals surface area contributed by atoms with Crippen LogP contribution < -0.4 is 0 Å². The second-order valence-electron chi connectivity index (χ2n) is 5.86. The molecule has 3 aliphatic rings. The molecule has 4 heteroatoms. The Morgan fingerprint density at radius 2 is 1.84 bits per heavy atom. The van der Waals surface area contributed by atoms with Gasteiger partial charge in [0.05, 0.1) is 18.6 Å². The molecule has 0 aromatic heterocycles. The summed E-state index contributed by atoms with van der Waals surface area (Å²) >= 11 is 5.92. The summed E-state index contributed by atoms with van der Waals surface area (Å²) in [6, 6.07) is 7.83. The van der Waals surface area contributed by atoms with Crippen molar-refractivity contribution in [3.8, 4) is 0 Å². The molecular weight excluding hydrogens is 264 g/mol. The van der Waals surface area contributed by atoms with E-state index in [1.54, 1.807) is 0 Å². The predicted molar refractivity (Wildman–Crippen MR) is 72.2 cm³/mol. The molecule has 0 atom stereocenters. The molecule has 0 spiro atoms. The van der Waals surface area contributed by atoms with Crippen molar-refractivity contribution < 1.29 is 14.6 Å². The molecule has 0 radical (unpaired) electrons. The highest BCUT2D eigenvalue weighted by Crippen LogP contribution is 2.54. The molecule has 3 nitrogen and oxygen atoms in total.